The fraction of sp³-hybridized carbons (Fsp3) is 0.0833. The summed E-state index contributed by atoms with van der Waals surface area (Å²) in [4.78, 5) is 22.4. The van der Waals surface area contributed by atoms with Gasteiger partial charge in [0.1, 0.15) is 9.88 Å². The van der Waals surface area contributed by atoms with Crippen LogP contribution in [0.15, 0.2) is 29.1 Å². The summed E-state index contributed by atoms with van der Waals surface area (Å²) in [5, 5.41) is 8.10. The molecule has 4 nitrogen and oxygen atoms in total. The van der Waals surface area contributed by atoms with E-state index in [0.717, 1.165) is 15.6 Å². The number of carbonyl (C=O) groups excluding carboxylic acids is 1. The van der Waals surface area contributed by atoms with Crippen LogP contribution in [0.4, 0.5) is 5.13 Å². The fourth-order valence-electron chi connectivity index (χ4n) is 1.55. The molecule has 0 radical (unpaired) electrons. The summed E-state index contributed by atoms with van der Waals surface area (Å²) in [6.45, 7) is 1.85. The van der Waals surface area contributed by atoms with Gasteiger partial charge in [-0.2, -0.15) is 0 Å². The normalized spacial score (nSPS) is 10.6. The molecule has 3 rings (SSSR count). The van der Waals surface area contributed by atoms with Crippen molar-refractivity contribution in [1.29, 1.82) is 0 Å². The van der Waals surface area contributed by atoms with Gasteiger partial charge < -0.3 is 0 Å². The van der Waals surface area contributed by atoms with Crippen LogP contribution in [0.5, 0.6) is 0 Å². The lowest BCUT2D eigenvalue weighted by atomic mass is 10.4. The molecule has 0 saturated heterocycles. The summed E-state index contributed by atoms with van der Waals surface area (Å²) in [5.41, 5.74) is 0.752. The van der Waals surface area contributed by atoms with E-state index in [0.29, 0.717) is 10.0 Å². The first kappa shape index (κ1) is 12.5. The fourth-order valence-corrected chi connectivity index (χ4v) is 3.83. The maximum atomic E-state index is 12.1. The number of aromatic nitrogens is 2. The minimum atomic E-state index is -0.146. The van der Waals surface area contributed by atoms with Gasteiger partial charge in [-0.15, -0.1) is 34.0 Å². The Balaban J connectivity index is 1.87. The number of hydrogen-bond acceptors (Lipinski definition) is 6. The summed E-state index contributed by atoms with van der Waals surface area (Å²) in [5.74, 6) is -0.146. The highest BCUT2D eigenvalue weighted by molar-refractivity contribution is 7.22. The molecule has 3 aromatic rings. The van der Waals surface area contributed by atoms with Crippen molar-refractivity contribution >= 4 is 45.0 Å². The molecule has 0 aliphatic carbocycles. The summed E-state index contributed by atoms with van der Waals surface area (Å²) in [6.07, 6.45) is 1.66. The third kappa shape index (κ3) is 2.58. The molecule has 0 unspecified atom stereocenters. The Labute approximate surface area is 121 Å². The Bertz CT molecular complexity index is 686. The van der Waals surface area contributed by atoms with Crippen molar-refractivity contribution in [3.63, 3.8) is 0 Å². The first-order valence-electron chi connectivity index (χ1n) is 5.46. The van der Waals surface area contributed by atoms with Crippen LogP contribution in [-0.4, -0.2) is 15.9 Å². The summed E-state index contributed by atoms with van der Waals surface area (Å²) in [6, 6.07) is 3.98. The van der Waals surface area contributed by atoms with Gasteiger partial charge in [0, 0.05) is 11.6 Å². The smallest absolute Gasteiger partial charge is 0.269 e. The molecule has 0 aromatic carbocycles. The van der Waals surface area contributed by atoms with Crippen molar-refractivity contribution in [2.45, 2.75) is 6.92 Å². The van der Waals surface area contributed by atoms with Crippen LogP contribution in [0.2, 0.25) is 0 Å². The number of amides is 1. The van der Waals surface area contributed by atoms with Gasteiger partial charge in [-0.05, 0) is 18.4 Å². The molecule has 0 aliphatic heterocycles. The Morgan fingerprint density at radius 2 is 2.21 bits per heavy atom. The van der Waals surface area contributed by atoms with E-state index in [1.165, 1.54) is 22.7 Å². The third-order valence-corrected chi connectivity index (χ3v) is 5.27. The lowest BCUT2D eigenvalue weighted by molar-refractivity contribution is 0.103. The van der Waals surface area contributed by atoms with Crippen LogP contribution in [0, 0.1) is 6.92 Å². The first-order valence-corrected chi connectivity index (χ1v) is 8.04. The Morgan fingerprint density at radius 3 is 2.89 bits per heavy atom. The molecule has 1 amide bonds. The van der Waals surface area contributed by atoms with Gasteiger partial charge in [0.15, 0.2) is 5.13 Å². The molecule has 3 aromatic heterocycles. The van der Waals surface area contributed by atoms with Gasteiger partial charge in [-0.3, -0.25) is 10.1 Å². The predicted octanol–water partition coefficient (Wildman–Crippen LogP) is 3.89. The molecule has 7 heteroatoms. The van der Waals surface area contributed by atoms with Gasteiger partial charge in [-0.1, -0.05) is 6.07 Å². The topological polar surface area (TPSA) is 54.9 Å². The Morgan fingerprint density at radius 1 is 1.32 bits per heavy atom. The van der Waals surface area contributed by atoms with Gasteiger partial charge >= 0.3 is 0 Å². The van der Waals surface area contributed by atoms with Crippen molar-refractivity contribution in [2.75, 3.05) is 5.32 Å². The maximum Gasteiger partial charge on any atom is 0.269 e. The van der Waals surface area contributed by atoms with Crippen molar-refractivity contribution in [2.24, 2.45) is 0 Å². The highest BCUT2D eigenvalue weighted by Crippen LogP contribution is 2.31. The number of thiophene rings is 1. The van der Waals surface area contributed by atoms with E-state index >= 15 is 0 Å². The van der Waals surface area contributed by atoms with E-state index in [9.17, 15) is 4.79 Å². The number of hydrogen-bond donors (Lipinski definition) is 1. The Kier molecular flexibility index (Phi) is 3.41. The molecular formula is C12H9N3OS3. The molecule has 0 atom stereocenters. The largest absolute Gasteiger partial charge is 0.297 e. The number of anilines is 1. The number of nitrogens with one attached hydrogen (secondary N) is 1. The second-order valence-electron chi connectivity index (χ2n) is 3.70. The molecule has 0 bridgehead atoms. The highest BCUT2D eigenvalue weighted by Gasteiger charge is 2.17. The standard InChI is InChI=1S/C12H9N3OS3/c1-7-9(10(16)15-12-13-4-6-18-12)19-11(14-7)8-3-2-5-17-8/h2-6H,1H3,(H,13,15,16). The van der Waals surface area contributed by atoms with Crippen LogP contribution in [-0.2, 0) is 0 Å². The van der Waals surface area contributed by atoms with E-state index in [1.807, 2.05) is 29.8 Å². The average Bonchev–Trinajstić information content (AvgIpc) is 3.07. The molecular weight excluding hydrogens is 298 g/mol. The van der Waals surface area contributed by atoms with Crippen LogP contribution < -0.4 is 5.32 Å². The molecule has 96 valence electrons. The van der Waals surface area contributed by atoms with Gasteiger partial charge in [0.25, 0.3) is 5.91 Å². The van der Waals surface area contributed by atoms with E-state index in [4.69, 9.17) is 0 Å². The monoisotopic (exact) mass is 307 g/mol. The quantitative estimate of drug-likeness (QED) is 0.798. The molecule has 0 fully saturated rings. The van der Waals surface area contributed by atoms with Crippen LogP contribution in [0.25, 0.3) is 9.88 Å². The number of thiazole rings is 2. The molecule has 0 aliphatic rings. The highest BCUT2D eigenvalue weighted by atomic mass is 32.1. The lowest BCUT2D eigenvalue weighted by Gasteiger charge is -1.98. The number of carbonyl (C=O) groups is 1. The second kappa shape index (κ2) is 5.20. The summed E-state index contributed by atoms with van der Waals surface area (Å²) in [7, 11) is 0. The molecule has 19 heavy (non-hydrogen) atoms. The SMILES string of the molecule is Cc1nc(-c2cccs2)sc1C(=O)Nc1nccs1. The number of aryl methyl sites for hydroxylation is 1. The predicted molar refractivity (Wildman–Crippen MR) is 80.2 cm³/mol. The average molecular weight is 307 g/mol. The Hall–Kier alpha value is -1.57. The minimum Gasteiger partial charge on any atom is -0.297 e. The third-order valence-electron chi connectivity index (χ3n) is 2.39. The van der Waals surface area contributed by atoms with E-state index in [2.05, 4.69) is 15.3 Å². The van der Waals surface area contributed by atoms with Crippen molar-refractivity contribution < 1.29 is 4.79 Å². The molecule has 1 N–H and O–H groups in total. The van der Waals surface area contributed by atoms with Crippen LogP contribution in [0.3, 0.4) is 0 Å². The van der Waals surface area contributed by atoms with Crippen LogP contribution in [0.1, 0.15) is 15.4 Å². The van der Waals surface area contributed by atoms with Gasteiger partial charge in [-0.25, -0.2) is 9.97 Å². The van der Waals surface area contributed by atoms with Crippen molar-refractivity contribution in [1.82, 2.24) is 9.97 Å². The van der Waals surface area contributed by atoms with E-state index in [-0.39, 0.29) is 5.91 Å². The number of rotatable bonds is 3. The van der Waals surface area contributed by atoms with E-state index < -0.39 is 0 Å². The van der Waals surface area contributed by atoms with E-state index in [1.54, 1.807) is 17.5 Å². The number of nitrogens with zero attached hydrogens (tertiary/aromatic N) is 2. The molecule has 3 heterocycles. The minimum absolute atomic E-state index is 0.146. The summed E-state index contributed by atoms with van der Waals surface area (Å²) >= 11 is 4.43. The zero-order chi connectivity index (χ0) is 13.2. The van der Waals surface area contributed by atoms with Gasteiger partial charge in [0.05, 0.1) is 10.6 Å². The van der Waals surface area contributed by atoms with Gasteiger partial charge in [0.2, 0.25) is 0 Å². The zero-order valence-corrected chi connectivity index (χ0v) is 12.4. The summed E-state index contributed by atoms with van der Waals surface area (Å²) < 4.78 is 0. The molecule has 0 spiro atoms. The van der Waals surface area contributed by atoms with Crippen LogP contribution >= 0.6 is 34.0 Å². The lowest BCUT2D eigenvalue weighted by Crippen LogP contribution is -2.11. The first-order chi connectivity index (χ1) is 9.24. The second-order valence-corrected chi connectivity index (χ2v) is 6.54. The van der Waals surface area contributed by atoms with Crippen molar-refractivity contribution in [3.05, 3.63) is 39.7 Å². The zero-order valence-electron chi connectivity index (χ0n) is 9.91. The van der Waals surface area contributed by atoms with Crippen molar-refractivity contribution in [3.8, 4) is 9.88 Å². The maximum absolute atomic E-state index is 12.1. The molecule has 0 saturated carbocycles.